The molecular weight excluding hydrogens is 481 g/mol. The monoisotopic (exact) mass is 503 g/mol. The molecule has 2 amide bonds. The van der Waals surface area contributed by atoms with Gasteiger partial charge in [0.25, 0.3) is 17.4 Å². The van der Waals surface area contributed by atoms with Gasteiger partial charge in [-0.2, -0.15) is 0 Å². The molecule has 3 aromatic rings. The lowest BCUT2D eigenvalue weighted by Crippen LogP contribution is -2.60. The number of aromatic nitrogens is 3. The number of carbonyl (C=O) groups is 2. The fourth-order valence-electron chi connectivity index (χ4n) is 3.90. The first kappa shape index (κ1) is 24.2. The zero-order chi connectivity index (χ0) is 24.1. The summed E-state index contributed by atoms with van der Waals surface area (Å²) in [5.41, 5.74) is -2.61. The second kappa shape index (κ2) is 10.5. The lowest BCUT2D eigenvalue weighted by atomic mass is 9.89. The predicted octanol–water partition coefficient (Wildman–Crippen LogP) is 3.68. The molecule has 0 spiro atoms. The Morgan fingerprint density at radius 3 is 2.50 bits per heavy atom. The molecule has 2 atom stereocenters. The number of hydrogen-bond donors (Lipinski definition) is 1. The molecule has 8 nitrogen and oxygen atoms in total. The molecule has 0 bridgehead atoms. The van der Waals surface area contributed by atoms with E-state index in [0.29, 0.717) is 37.3 Å². The Labute approximate surface area is 205 Å². The van der Waals surface area contributed by atoms with Gasteiger partial charge in [-0.25, -0.2) is 19.3 Å². The molecule has 178 valence electrons. The predicted molar refractivity (Wildman–Crippen MR) is 127 cm³/mol. The van der Waals surface area contributed by atoms with Crippen LogP contribution in [0, 0.1) is 0 Å². The normalized spacial score (nSPS) is 16.9. The number of hydrogen-bond acceptors (Lipinski definition) is 7. The molecule has 0 unspecified atom stereocenters. The van der Waals surface area contributed by atoms with Crippen molar-refractivity contribution in [3.8, 4) is 10.6 Å². The zero-order valence-corrected chi connectivity index (χ0v) is 19.9. The van der Waals surface area contributed by atoms with Crippen LogP contribution in [0.15, 0.2) is 54.6 Å². The van der Waals surface area contributed by atoms with Crippen molar-refractivity contribution in [2.45, 2.75) is 37.0 Å². The molecule has 3 heterocycles. The van der Waals surface area contributed by atoms with Gasteiger partial charge in [0, 0.05) is 60.0 Å². The summed E-state index contributed by atoms with van der Waals surface area (Å²) in [6.07, 6.45) is 7.13. The maximum absolute atomic E-state index is 14.3. The topological polar surface area (TPSA) is 97.3 Å². The van der Waals surface area contributed by atoms with Crippen molar-refractivity contribution in [1.82, 2.24) is 20.3 Å². The number of alkyl halides is 2. The van der Waals surface area contributed by atoms with Gasteiger partial charge in [-0.1, -0.05) is 11.6 Å². The van der Waals surface area contributed by atoms with Crippen molar-refractivity contribution >= 4 is 40.4 Å². The fourth-order valence-corrected chi connectivity index (χ4v) is 4.64. The summed E-state index contributed by atoms with van der Waals surface area (Å²) in [4.78, 5) is 40.3. The zero-order valence-electron chi connectivity index (χ0n) is 18.4. The number of rotatable bonds is 7. The highest BCUT2D eigenvalue weighted by atomic mass is 35.5. The van der Waals surface area contributed by atoms with Crippen LogP contribution < -0.4 is 10.2 Å². The molecule has 1 saturated heterocycles. The van der Waals surface area contributed by atoms with Crippen LogP contribution in [-0.4, -0.2) is 51.7 Å². The SMILES string of the molecule is C[C@](C(=O)NC1CCOCC1)(c1cncnc1)N(C(=O)[C@H](F)Cl)c1ccc(-c2nccs2)cc1. The Hall–Kier alpha value is -2.95. The number of carbonyl (C=O) groups excluding carboxylic acids is 2. The van der Waals surface area contributed by atoms with E-state index in [1.165, 1.54) is 37.0 Å². The van der Waals surface area contributed by atoms with Gasteiger partial charge in [0.05, 0.1) is 0 Å². The van der Waals surface area contributed by atoms with E-state index in [2.05, 4.69) is 20.3 Å². The van der Waals surface area contributed by atoms with Gasteiger partial charge in [0.15, 0.2) is 5.54 Å². The molecule has 1 aromatic carbocycles. The highest BCUT2D eigenvalue weighted by Gasteiger charge is 2.47. The number of anilines is 1. The Morgan fingerprint density at radius 2 is 1.91 bits per heavy atom. The number of nitrogens with one attached hydrogen (secondary N) is 1. The Bertz CT molecular complexity index is 1110. The Kier molecular flexibility index (Phi) is 7.50. The van der Waals surface area contributed by atoms with Crippen LogP contribution in [0.25, 0.3) is 10.6 Å². The maximum atomic E-state index is 14.3. The van der Waals surface area contributed by atoms with Gasteiger partial charge >= 0.3 is 0 Å². The minimum Gasteiger partial charge on any atom is -0.381 e. The lowest BCUT2D eigenvalue weighted by molar-refractivity contribution is -0.132. The summed E-state index contributed by atoms with van der Waals surface area (Å²) >= 11 is 7.09. The minimum atomic E-state index is -2.36. The van der Waals surface area contributed by atoms with E-state index in [9.17, 15) is 14.0 Å². The van der Waals surface area contributed by atoms with Crippen LogP contribution >= 0.6 is 22.9 Å². The molecule has 4 rings (SSSR count). The van der Waals surface area contributed by atoms with Gasteiger partial charge < -0.3 is 10.1 Å². The van der Waals surface area contributed by atoms with Crippen molar-refractivity contribution in [1.29, 1.82) is 0 Å². The lowest BCUT2D eigenvalue weighted by Gasteiger charge is -2.41. The summed E-state index contributed by atoms with van der Waals surface area (Å²) in [7, 11) is 0. The van der Waals surface area contributed by atoms with Crippen molar-refractivity contribution in [2.24, 2.45) is 0 Å². The highest BCUT2D eigenvalue weighted by molar-refractivity contribution is 7.13. The van der Waals surface area contributed by atoms with Gasteiger partial charge in [0.1, 0.15) is 11.3 Å². The maximum Gasteiger partial charge on any atom is 0.278 e. The first-order valence-electron chi connectivity index (χ1n) is 10.7. The van der Waals surface area contributed by atoms with Crippen molar-refractivity contribution in [3.05, 3.63) is 60.1 Å². The van der Waals surface area contributed by atoms with E-state index in [4.69, 9.17) is 16.3 Å². The minimum absolute atomic E-state index is 0.147. The smallest absolute Gasteiger partial charge is 0.278 e. The first-order chi connectivity index (χ1) is 16.4. The first-order valence-corrected chi connectivity index (χ1v) is 12.0. The van der Waals surface area contributed by atoms with Gasteiger partial charge in [-0.3, -0.25) is 14.5 Å². The third-order valence-electron chi connectivity index (χ3n) is 5.78. The van der Waals surface area contributed by atoms with Crippen molar-refractivity contribution in [2.75, 3.05) is 18.1 Å². The number of benzene rings is 1. The third-order valence-corrected chi connectivity index (χ3v) is 6.79. The summed E-state index contributed by atoms with van der Waals surface area (Å²) in [5.74, 6) is -1.57. The molecule has 1 N–H and O–H groups in total. The number of ether oxygens (including phenoxy) is 1. The Morgan fingerprint density at radius 1 is 1.24 bits per heavy atom. The fraction of sp³-hybridized carbons (Fsp3) is 0.348. The number of amides is 2. The van der Waals surface area contributed by atoms with E-state index >= 15 is 0 Å². The largest absolute Gasteiger partial charge is 0.381 e. The van der Waals surface area contributed by atoms with Gasteiger partial charge in [-0.15, -0.1) is 11.3 Å². The average Bonchev–Trinajstić information content (AvgIpc) is 3.40. The average molecular weight is 504 g/mol. The molecule has 1 aliphatic rings. The summed E-state index contributed by atoms with van der Waals surface area (Å²) in [5, 5.41) is 5.64. The van der Waals surface area contributed by atoms with E-state index in [-0.39, 0.29) is 6.04 Å². The number of thiazole rings is 1. The van der Waals surface area contributed by atoms with E-state index in [1.54, 1.807) is 30.5 Å². The van der Waals surface area contributed by atoms with E-state index in [1.807, 2.05) is 5.38 Å². The summed E-state index contributed by atoms with van der Waals surface area (Å²) in [6, 6.07) is 6.64. The highest BCUT2D eigenvalue weighted by Crippen LogP contribution is 2.36. The molecule has 1 aliphatic heterocycles. The van der Waals surface area contributed by atoms with E-state index in [0.717, 1.165) is 15.5 Å². The molecule has 1 fully saturated rings. The second-order valence-corrected chi connectivity index (χ2v) is 9.20. The van der Waals surface area contributed by atoms with E-state index < -0.39 is 23.0 Å². The van der Waals surface area contributed by atoms with Gasteiger partial charge in [0.2, 0.25) is 0 Å². The van der Waals surface area contributed by atoms with Crippen molar-refractivity contribution < 1.29 is 18.7 Å². The van der Waals surface area contributed by atoms with Crippen LogP contribution in [0.3, 0.4) is 0 Å². The Balaban J connectivity index is 1.78. The molecule has 11 heteroatoms. The van der Waals surface area contributed by atoms with Crippen LogP contribution in [0.5, 0.6) is 0 Å². The third kappa shape index (κ3) is 4.94. The van der Waals surface area contributed by atoms with Crippen molar-refractivity contribution in [3.63, 3.8) is 0 Å². The molecular formula is C23H23ClFN5O3S. The number of nitrogens with zero attached hydrogens (tertiary/aromatic N) is 4. The standard InChI is InChI=1S/C23H23ClFN5O3S/c1-23(16-12-26-14-27-13-16,22(32)29-17-6-9-33-10-7-17)30(21(31)19(24)25)18-4-2-15(3-5-18)20-28-8-11-34-20/h2-5,8,11-14,17,19H,6-7,9-10H2,1H3,(H,29,32)/t19-,23+/m0/s1. The second-order valence-electron chi connectivity index (χ2n) is 7.92. The summed E-state index contributed by atoms with van der Waals surface area (Å²) in [6.45, 7) is 2.57. The number of halogens is 2. The van der Waals surface area contributed by atoms with Crippen LogP contribution in [-0.2, 0) is 19.9 Å². The van der Waals surface area contributed by atoms with Crippen LogP contribution in [0.1, 0.15) is 25.3 Å². The van der Waals surface area contributed by atoms with Gasteiger partial charge in [-0.05, 0) is 44.0 Å². The quantitative estimate of drug-likeness (QED) is 0.494. The molecule has 2 aromatic heterocycles. The van der Waals surface area contributed by atoms with Crippen LogP contribution in [0.2, 0.25) is 0 Å². The molecule has 34 heavy (non-hydrogen) atoms. The molecule has 0 saturated carbocycles. The molecule has 0 aliphatic carbocycles. The van der Waals surface area contributed by atoms with Crippen LogP contribution in [0.4, 0.5) is 10.1 Å². The summed E-state index contributed by atoms with van der Waals surface area (Å²) < 4.78 is 19.7. The molecule has 0 radical (unpaired) electrons.